The average molecular weight is 444 g/mol. The van der Waals surface area contributed by atoms with Crippen LogP contribution in [0.4, 0.5) is 0 Å². The van der Waals surface area contributed by atoms with E-state index in [4.69, 9.17) is 56.7 Å². The van der Waals surface area contributed by atoms with Gasteiger partial charge in [-0.25, -0.2) is 4.52 Å². The summed E-state index contributed by atoms with van der Waals surface area (Å²) in [7, 11) is -1.40. The zero-order chi connectivity index (χ0) is 14.7. The van der Waals surface area contributed by atoms with Gasteiger partial charge < -0.3 is 0 Å². The summed E-state index contributed by atoms with van der Waals surface area (Å²) >= 11 is 30.9. The van der Waals surface area contributed by atoms with Gasteiger partial charge in [-0.2, -0.15) is 0 Å². The minimum absolute atomic E-state index is 1.02. The lowest BCUT2D eigenvalue weighted by Crippen LogP contribution is -1.83. The largest absolute Gasteiger partial charge is 0.224 e. The summed E-state index contributed by atoms with van der Waals surface area (Å²) in [5.74, 6) is 1.02. The maximum Gasteiger partial charge on any atom is 0.209 e. The van der Waals surface area contributed by atoms with Crippen molar-refractivity contribution in [3.8, 4) is 0 Å². The third-order valence-electron chi connectivity index (χ3n) is 2.14. The standard InChI is InChI=1S/C8H18Cl5N2P3S/c1-2-3-4-5-6-7-8-19-18(13)14-17(12)15(9)16(10)11/h18H,2-8H2,1H3. The molecule has 0 rings (SSSR count). The highest BCUT2D eigenvalue weighted by molar-refractivity contribution is 8.59. The zero-order valence-corrected chi connectivity index (χ0v) is 17.9. The minimum Gasteiger partial charge on any atom is -0.224 e. The molecule has 19 heavy (non-hydrogen) atoms. The van der Waals surface area contributed by atoms with Crippen LogP contribution in [0, 0.1) is 0 Å². The molecule has 11 heteroatoms. The van der Waals surface area contributed by atoms with Crippen LogP contribution in [0.2, 0.25) is 0 Å². The Bertz CT molecular complexity index is 263. The number of halogens is 5. The fourth-order valence-electron chi connectivity index (χ4n) is 1.23. The quantitative estimate of drug-likeness (QED) is 0.179. The first kappa shape index (κ1) is 21.9. The molecule has 0 N–H and O–H groups in total. The number of nitrogens with zero attached hydrogens (tertiary/aromatic N) is 2. The van der Waals surface area contributed by atoms with E-state index in [9.17, 15) is 0 Å². The van der Waals surface area contributed by atoms with Crippen LogP contribution in [-0.4, -0.2) is 9.71 Å². The van der Waals surface area contributed by atoms with Crippen LogP contribution in [0.3, 0.4) is 0 Å². The Balaban J connectivity index is 3.70. The van der Waals surface area contributed by atoms with E-state index < -0.39 is 20.6 Å². The van der Waals surface area contributed by atoms with Crippen molar-refractivity contribution in [3.05, 3.63) is 0 Å². The van der Waals surface area contributed by atoms with E-state index in [-0.39, 0.29) is 0 Å². The first-order chi connectivity index (χ1) is 8.99. The second-order valence-corrected chi connectivity index (χ2v) is 15.6. The van der Waals surface area contributed by atoms with Crippen molar-refractivity contribution in [1.82, 2.24) is 3.96 Å². The monoisotopic (exact) mass is 442 g/mol. The predicted octanol–water partition coefficient (Wildman–Crippen LogP) is 9.17. The highest BCUT2D eigenvalue weighted by Crippen LogP contribution is 2.70. The maximum atomic E-state index is 6.15. The van der Waals surface area contributed by atoms with E-state index in [2.05, 4.69) is 11.4 Å². The molecular weight excluding hydrogens is 426 g/mol. The fraction of sp³-hybridized carbons (Fsp3) is 1.00. The number of unbranched alkanes of at least 4 members (excludes halogenated alkanes) is 5. The zero-order valence-electron chi connectivity index (χ0n) is 10.5. The summed E-state index contributed by atoms with van der Waals surface area (Å²) in [5.41, 5.74) is 0. The average Bonchev–Trinajstić information content (AvgIpc) is 2.36. The topological polar surface area (TPSA) is 15.6 Å². The third-order valence-corrected chi connectivity index (χ3v) is 14.0. The van der Waals surface area contributed by atoms with Crippen LogP contribution in [0.1, 0.15) is 45.4 Å². The van der Waals surface area contributed by atoms with Crippen molar-refractivity contribution >= 4 is 88.7 Å². The molecule has 0 radical (unpaired) electrons. The molecule has 0 saturated heterocycles. The molecule has 0 aliphatic carbocycles. The molecule has 2 unspecified atom stereocenters. The lowest BCUT2D eigenvalue weighted by Gasteiger charge is -2.15. The smallest absolute Gasteiger partial charge is 0.209 e. The third kappa shape index (κ3) is 13.0. The van der Waals surface area contributed by atoms with Crippen molar-refractivity contribution in [3.63, 3.8) is 0 Å². The van der Waals surface area contributed by atoms with E-state index in [1.54, 1.807) is 11.4 Å². The highest BCUT2D eigenvalue weighted by Gasteiger charge is 2.20. The summed E-state index contributed by atoms with van der Waals surface area (Å²) in [5, 5.41) is 0. The van der Waals surface area contributed by atoms with Gasteiger partial charge in [0.25, 0.3) is 0 Å². The van der Waals surface area contributed by atoms with Crippen molar-refractivity contribution in [2.45, 2.75) is 45.4 Å². The van der Waals surface area contributed by atoms with Gasteiger partial charge in [0.2, 0.25) is 7.58 Å². The first-order valence-electron chi connectivity index (χ1n) is 5.89. The van der Waals surface area contributed by atoms with E-state index in [1.165, 1.54) is 38.5 Å². The lowest BCUT2D eigenvalue weighted by molar-refractivity contribution is 0.627. The Labute approximate surface area is 147 Å². The van der Waals surface area contributed by atoms with E-state index in [1.807, 2.05) is 0 Å². The van der Waals surface area contributed by atoms with Gasteiger partial charge in [0.15, 0.2) is 6.78 Å². The predicted molar refractivity (Wildman–Crippen MR) is 102 cm³/mol. The first-order valence-corrected chi connectivity index (χ1v) is 15.7. The van der Waals surface area contributed by atoms with Crippen LogP contribution in [-0.2, 0) is 0 Å². The molecule has 0 bridgehead atoms. The molecule has 0 spiro atoms. The summed E-state index contributed by atoms with van der Waals surface area (Å²) in [6.45, 7) is 0.758. The van der Waals surface area contributed by atoms with E-state index >= 15 is 0 Å². The molecule has 116 valence electrons. The van der Waals surface area contributed by atoms with Crippen molar-refractivity contribution in [1.29, 1.82) is 0 Å². The molecule has 0 aliphatic heterocycles. The molecular formula is C8H18Cl5N2P3S. The van der Waals surface area contributed by atoms with E-state index in [0.717, 1.165) is 9.71 Å². The lowest BCUT2D eigenvalue weighted by atomic mass is 10.1. The SMILES string of the molecule is CCCCCCCCS/[PH](Cl)=N/P(Cl)N(Cl)P(Cl)Cl. The van der Waals surface area contributed by atoms with Gasteiger partial charge in [-0.05, 0) is 35.2 Å². The number of rotatable bonds is 11. The maximum absolute atomic E-state index is 6.15. The van der Waals surface area contributed by atoms with Gasteiger partial charge in [0.05, 0.1) is 0 Å². The molecule has 0 fully saturated rings. The molecule has 0 aromatic carbocycles. The second kappa shape index (κ2) is 14.4. The molecule has 2 nitrogen and oxygen atoms in total. The summed E-state index contributed by atoms with van der Waals surface area (Å²) in [6, 6.07) is 0. The Kier molecular flexibility index (Phi) is 16.6. The van der Waals surface area contributed by atoms with Crippen molar-refractivity contribution in [2.75, 3.05) is 5.75 Å². The fourth-order valence-corrected chi connectivity index (χ4v) is 11.2. The molecule has 0 aromatic rings. The van der Waals surface area contributed by atoms with Crippen molar-refractivity contribution < 1.29 is 0 Å². The van der Waals surface area contributed by atoms with Crippen LogP contribution in [0.15, 0.2) is 4.52 Å². The van der Waals surface area contributed by atoms with Gasteiger partial charge >= 0.3 is 0 Å². The Morgan fingerprint density at radius 3 is 2.26 bits per heavy atom. The summed E-state index contributed by atoms with van der Waals surface area (Å²) < 4.78 is 5.41. The minimum atomic E-state index is -1.46. The summed E-state index contributed by atoms with van der Waals surface area (Å²) in [4.78, 5) is 0. The van der Waals surface area contributed by atoms with Gasteiger partial charge in [-0.15, -0.1) is 15.3 Å². The highest BCUT2D eigenvalue weighted by atomic mass is 35.9. The van der Waals surface area contributed by atoms with Crippen molar-refractivity contribution in [2.24, 2.45) is 4.52 Å². The molecule has 2 atom stereocenters. The Morgan fingerprint density at radius 1 is 1.11 bits per heavy atom. The molecule has 0 amide bonds. The van der Waals surface area contributed by atoms with Crippen LogP contribution >= 0.6 is 88.7 Å². The summed E-state index contributed by atoms with van der Waals surface area (Å²) in [6.07, 6.45) is 6.28. The Morgan fingerprint density at radius 2 is 1.68 bits per heavy atom. The van der Waals surface area contributed by atoms with Gasteiger partial charge in [0.1, 0.15) is 6.27 Å². The van der Waals surface area contributed by atoms with Gasteiger partial charge in [-0.1, -0.05) is 72.8 Å². The Hall–Kier alpha value is 2.85. The van der Waals surface area contributed by atoms with Crippen LogP contribution in [0.5, 0.6) is 0 Å². The molecule has 0 aromatic heterocycles. The number of hydrogen-bond donors (Lipinski definition) is 0. The van der Waals surface area contributed by atoms with Crippen LogP contribution in [0.25, 0.3) is 0 Å². The second-order valence-electron chi connectivity index (χ2n) is 3.67. The van der Waals surface area contributed by atoms with Gasteiger partial charge in [0, 0.05) is 0 Å². The van der Waals surface area contributed by atoms with Crippen LogP contribution < -0.4 is 0 Å². The van der Waals surface area contributed by atoms with E-state index in [0.29, 0.717) is 0 Å². The molecule has 0 aliphatic rings. The number of hydrogen-bond acceptors (Lipinski definition) is 3. The van der Waals surface area contributed by atoms with Gasteiger partial charge in [-0.3, -0.25) is 0 Å². The molecule has 0 saturated carbocycles. The normalized spacial score (nSPS) is 15.4. The molecule has 0 heterocycles.